The van der Waals surface area contributed by atoms with Crippen molar-refractivity contribution in [2.75, 3.05) is 12.3 Å². The van der Waals surface area contributed by atoms with Gasteiger partial charge in [-0.3, -0.25) is 14.2 Å². The lowest BCUT2D eigenvalue weighted by atomic mass is 10.1. The molecule has 2 aromatic carbocycles. The second kappa shape index (κ2) is 9.08. The first-order valence-corrected chi connectivity index (χ1v) is 11.5. The monoisotopic (exact) mass is 449 g/mol. The highest BCUT2D eigenvalue weighted by Crippen LogP contribution is 2.32. The molecular weight excluding hydrogens is 430 g/mol. The molecule has 1 aliphatic rings. The van der Waals surface area contributed by atoms with E-state index in [2.05, 4.69) is 0 Å². The number of hydrogen-bond acceptors (Lipinski definition) is 6. The van der Waals surface area contributed by atoms with E-state index in [1.807, 2.05) is 55.5 Å². The third-order valence-corrected chi connectivity index (χ3v) is 6.23. The smallest absolute Gasteiger partial charge is 0.266 e. The van der Waals surface area contributed by atoms with Crippen molar-refractivity contribution < 1.29 is 22.5 Å². The Labute approximate surface area is 179 Å². The summed E-state index contributed by atoms with van der Waals surface area (Å²) in [4.78, 5) is 14.0. The first-order chi connectivity index (χ1) is 13.7. The number of ether oxygens (including phenoxy) is 1. The first-order valence-electron chi connectivity index (χ1n) is 8.70. The van der Waals surface area contributed by atoms with Crippen molar-refractivity contribution in [2.24, 2.45) is 0 Å². The van der Waals surface area contributed by atoms with Crippen molar-refractivity contribution in [3.05, 3.63) is 70.1 Å². The van der Waals surface area contributed by atoms with Crippen molar-refractivity contribution in [1.82, 2.24) is 4.90 Å². The summed E-state index contributed by atoms with van der Waals surface area (Å²) in [5.41, 5.74) is 3.07. The van der Waals surface area contributed by atoms with Crippen LogP contribution in [0.15, 0.2) is 53.4 Å². The van der Waals surface area contributed by atoms with Gasteiger partial charge >= 0.3 is 0 Å². The highest BCUT2D eigenvalue weighted by molar-refractivity contribution is 8.26. The Morgan fingerprint density at radius 1 is 1.14 bits per heavy atom. The molecule has 9 heteroatoms. The summed E-state index contributed by atoms with van der Waals surface area (Å²) in [5.74, 6) is -0.216. The minimum Gasteiger partial charge on any atom is -0.489 e. The molecule has 152 valence electrons. The number of benzene rings is 2. The third-order valence-electron chi connectivity index (χ3n) is 4.15. The van der Waals surface area contributed by atoms with Crippen LogP contribution in [0.4, 0.5) is 0 Å². The van der Waals surface area contributed by atoms with Crippen LogP contribution in [0.1, 0.15) is 16.7 Å². The molecule has 0 unspecified atom stereocenters. The van der Waals surface area contributed by atoms with Crippen LogP contribution in [0.25, 0.3) is 6.08 Å². The molecule has 1 aliphatic heterocycles. The van der Waals surface area contributed by atoms with Gasteiger partial charge in [-0.1, -0.05) is 65.9 Å². The molecule has 0 atom stereocenters. The number of carbonyl (C=O) groups excluding carboxylic acids is 1. The van der Waals surface area contributed by atoms with Gasteiger partial charge in [0, 0.05) is 6.54 Å². The van der Waals surface area contributed by atoms with Gasteiger partial charge in [-0.05, 0) is 36.3 Å². The number of thioether (sulfide) groups is 1. The second-order valence-corrected chi connectivity index (χ2v) is 9.71. The van der Waals surface area contributed by atoms with E-state index < -0.39 is 15.9 Å². The fourth-order valence-electron chi connectivity index (χ4n) is 2.56. The second-order valence-electron chi connectivity index (χ2n) is 6.46. The molecule has 2 aromatic rings. The Morgan fingerprint density at radius 3 is 2.41 bits per heavy atom. The summed E-state index contributed by atoms with van der Waals surface area (Å²) in [6, 6.07) is 15.4. The summed E-state index contributed by atoms with van der Waals surface area (Å²) in [5, 5.41) is 0. The van der Waals surface area contributed by atoms with E-state index in [-0.39, 0.29) is 16.8 Å². The van der Waals surface area contributed by atoms with Crippen LogP contribution >= 0.6 is 24.0 Å². The minimum absolute atomic E-state index is 0.174. The van der Waals surface area contributed by atoms with Crippen molar-refractivity contribution >= 4 is 50.4 Å². The number of hydrogen-bond donors (Lipinski definition) is 1. The van der Waals surface area contributed by atoms with Gasteiger partial charge in [-0.15, -0.1) is 0 Å². The maximum Gasteiger partial charge on any atom is 0.266 e. The lowest BCUT2D eigenvalue weighted by Crippen LogP contribution is -2.32. The Bertz CT molecular complexity index is 1040. The van der Waals surface area contributed by atoms with E-state index in [0.717, 1.165) is 22.9 Å². The molecule has 0 aromatic heterocycles. The molecule has 0 radical (unpaired) electrons. The van der Waals surface area contributed by atoms with Gasteiger partial charge in [0.1, 0.15) is 16.7 Å². The molecule has 0 saturated carbocycles. The summed E-state index contributed by atoms with van der Waals surface area (Å²) < 4.78 is 36.7. The van der Waals surface area contributed by atoms with Crippen molar-refractivity contribution in [1.29, 1.82) is 0 Å². The van der Waals surface area contributed by atoms with Crippen LogP contribution in [-0.2, 0) is 21.5 Å². The normalized spacial score (nSPS) is 15.9. The number of aryl methyl sites for hydroxylation is 1. The SMILES string of the molecule is Cc1ccc(COc2ccc(C=C3SC(=S)N(CCS(=O)(=O)O)C3=O)cc2)cc1. The van der Waals surface area contributed by atoms with Gasteiger partial charge in [-0.25, -0.2) is 0 Å². The van der Waals surface area contributed by atoms with Crippen molar-refractivity contribution in [3.8, 4) is 5.75 Å². The molecule has 0 aliphatic carbocycles. The Morgan fingerprint density at radius 2 is 1.79 bits per heavy atom. The summed E-state index contributed by atoms with van der Waals surface area (Å²) >= 11 is 6.24. The van der Waals surface area contributed by atoms with Crippen LogP contribution in [0.3, 0.4) is 0 Å². The molecule has 6 nitrogen and oxygen atoms in total. The first kappa shape index (κ1) is 21.5. The van der Waals surface area contributed by atoms with Crippen LogP contribution in [0.2, 0.25) is 0 Å². The fourth-order valence-corrected chi connectivity index (χ4v) is 4.28. The zero-order valence-electron chi connectivity index (χ0n) is 15.6. The maximum absolute atomic E-state index is 12.4. The predicted molar refractivity (Wildman–Crippen MR) is 118 cm³/mol. The summed E-state index contributed by atoms with van der Waals surface area (Å²) in [7, 11) is -4.16. The fraction of sp³-hybridized carbons (Fsp3) is 0.200. The lowest BCUT2D eigenvalue weighted by Gasteiger charge is -2.12. The quantitative estimate of drug-likeness (QED) is 0.392. The third kappa shape index (κ3) is 6.14. The Kier molecular flexibility index (Phi) is 6.74. The number of amides is 1. The van der Waals surface area contributed by atoms with Gasteiger partial charge in [0.15, 0.2) is 0 Å². The molecule has 1 N–H and O–H groups in total. The topological polar surface area (TPSA) is 83.9 Å². The van der Waals surface area contributed by atoms with Gasteiger partial charge in [0.2, 0.25) is 0 Å². The van der Waals surface area contributed by atoms with Crippen LogP contribution in [0.5, 0.6) is 5.75 Å². The van der Waals surface area contributed by atoms with Gasteiger partial charge in [0.25, 0.3) is 16.0 Å². The molecule has 3 rings (SSSR count). The molecule has 29 heavy (non-hydrogen) atoms. The van der Waals surface area contributed by atoms with Gasteiger partial charge in [0.05, 0.1) is 10.7 Å². The zero-order valence-corrected chi connectivity index (χ0v) is 18.0. The molecular formula is C20H19NO5S3. The maximum atomic E-state index is 12.4. The molecule has 1 saturated heterocycles. The number of carbonyl (C=O) groups is 1. The number of rotatable bonds is 7. The molecule has 0 bridgehead atoms. The van der Waals surface area contributed by atoms with E-state index in [1.54, 1.807) is 6.08 Å². The van der Waals surface area contributed by atoms with Gasteiger partial charge < -0.3 is 4.74 Å². The molecule has 1 fully saturated rings. The van der Waals surface area contributed by atoms with Crippen LogP contribution < -0.4 is 4.74 Å². The van der Waals surface area contributed by atoms with Crippen LogP contribution in [-0.4, -0.2) is 40.4 Å². The van der Waals surface area contributed by atoms with E-state index in [9.17, 15) is 13.2 Å². The van der Waals surface area contributed by atoms with Gasteiger partial charge in [-0.2, -0.15) is 8.42 Å². The van der Waals surface area contributed by atoms with E-state index in [1.165, 1.54) is 10.5 Å². The zero-order chi connectivity index (χ0) is 21.0. The van der Waals surface area contributed by atoms with Crippen molar-refractivity contribution in [3.63, 3.8) is 0 Å². The molecule has 1 amide bonds. The molecule has 0 spiro atoms. The highest BCUT2D eigenvalue weighted by Gasteiger charge is 2.32. The summed E-state index contributed by atoms with van der Waals surface area (Å²) in [6.07, 6.45) is 1.69. The van der Waals surface area contributed by atoms with Crippen molar-refractivity contribution in [2.45, 2.75) is 13.5 Å². The largest absolute Gasteiger partial charge is 0.489 e. The Balaban J connectivity index is 1.62. The predicted octanol–water partition coefficient (Wildman–Crippen LogP) is 3.66. The average molecular weight is 450 g/mol. The average Bonchev–Trinajstić information content (AvgIpc) is 2.93. The van der Waals surface area contributed by atoms with Crippen LogP contribution in [0, 0.1) is 6.92 Å². The summed E-state index contributed by atoms with van der Waals surface area (Å²) in [6.45, 7) is 2.32. The lowest BCUT2D eigenvalue weighted by molar-refractivity contribution is -0.121. The van der Waals surface area contributed by atoms with E-state index >= 15 is 0 Å². The number of thiocarbonyl (C=S) groups is 1. The standard InChI is InChI=1S/C20H19NO5S3/c1-14-2-4-16(5-3-14)13-26-17-8-6-15(7-9-17)12-18-19(22)21(20(27)28-18)10-11-29(23,24)25/h2-9,12H,10-11,13H2,1H3,(H,23,24,25). The van der Waals surface area contributed by atoms with E-state index in [4.69, 9.17) is 21.5 Å². The number of nitrogens with zero attached hydrogens (tertiary/aromatic N) is 1. The molecule has 1 heterocycles. The minimum atomic E-state index is -4.16. The van der Waals surface area contributed by atoms with E-state index in [0.29, 0.717) is 17.3 Å². The highest BCUT2D eigenvalue weighted by atomic mass is 32.2. The Hall–Kier alpha value is -2.20.